The molecule has 0 unspecified atom stereocenters. The van der Waals surface area contributed by atoms with Gasteiger partial charge in [-0.05, 0) is 49.1 Å². The summed E-state index contributed by atoms with van der Waals surface area (Å²) in [4.78, 5) is 1.50. The summed E-state index contributed by atoms with van der Waals surface area (Å²) in [6.07, 6.45) is 0. The fourth-order valence-corrected chi connectivity index (χ4v) is 2.58. The number of morpholine rings is 1. The Kier molecular flexibility index (Phi) is 7.57. The van der Waals surface area contributed by atoms with Gasteiger partial charge in [0.05, 0.1) is 26.3 Å². The lowest BCUT2D eigenvalue weighted by molar-refractivity contribution is -0.906. The Hall–Kier alpha value is -1.55. The van der Waals surface area contributed by atoms with Crippen molar-refractivity contribution in [2.75, 3.05) is 44.7 Å². The molecule has 6 nitrogen and oxygen atoms in total. The number of hydrazine groups is 1. The molecule has 1 heterocycles. The van der Waals surface area contributed by atoms with Gasteiger partial charge in [-0.25, -0.2) is 4.39 Å². The average Bonchev–Trinajstić information content (AvgIpc) is 2.57. The van der Waals surface area contributed by atoms with Crippen molar-refractivity contribution >= 4 is 40.3 Å². The second-order valence-corrected chi connectivity index (χ2v) is 6.35. The maximum Gasteiger partial charge on any atom is 0.189 e. The predicted octanol–water partition coefficient (Wildman–Crippen LogP) is -0.285. The highest BCUT2D eigenvalue weighted by atomic mass is 32.1. The molecule has 132 valence electrons. The van der Waals surface area contributed by atoms with Crippen molar-refractivity contribution in [3.05, 3.63) is 29.6 Å². The van der Waals surface area contributed by atoms with Crippen LogP contribution in [0.5, 0.6) is 0 Å². The Labute approximate surface area is 152 Å². The second kappa shape index (κ2) is 9.67. The zero-order valence-electron chi connectivity index (χ0n) is 13.6. The molecule has 1 aliphatic heterocycles. The highest BCUT2D eigenvalue weighted by Crippen LogP contribution is 2.13. The van der Waals surface area contributed by atoms with Crippen LogP contribution in [0.2, 0.25) is 0 Å². The molecule has 0 bridgehead atoms. The van der Waals surface area contributed by atoms with Gasteiger partial charge in [0, 0.05) is 5.69 Å². The number of rotatable bonds is 4. The summed E-state index contributed by atoms with van der Waals surface area (Å²) in [6, 6.07) is 4.84. The van der Waals surface area contributed by atoms with Crippen LogP contribution >= 0.6 is 24.4 Å². The minimum absolute atomic E-state index is 0.279. The highest BCUT2D eigenvalue weighted by molar-refractivity contribution is 7.80. The summed E-state index contributed by atoms with van der Waals surface area (Å²) < 4.78 is 18.8. The second-order valence-electron chi connectivity index (χ2n) is 5.54. The summed E-state index contributed by atoms with van der Waals surface area (Å²) in [5, 5.41) is 6.77. The Morgan fingerprint density at radius 1 is 1.21 bits per heavy atom. The van der Waals surface area contributed by atoms with E-state index in [1.807, 2.05) is 0 Å². The molecule has 0 aromatic heterocycles. The first-order valence-electron chi connectivity index (χ1n) is 7.83. The fraction of sp³-hybridized carbons (Fsp3) is 0.467. The molecule has 0 aliphatic carbocycles. The third-order valence-electron chi connectivity index (χ3n) is 3.68. The highest BCUT2D eigenvalue weighted by Gasteiger charge is 2.12. The van der Waals surface area contributed by atoms with Gasteiger partial charge < -0.3 is 20.3 Å². The normalized spacial score (nSPS) is 14.8. The monoisotopic (exact) mass is 372 g/mol. The lowest BCUT2D eigenvalue weighted by atomic mass is 10.2. The van der Waals surface area contributed by atoms with Gasteiger partial charge in [0.25, 0.3) is 0 Å². The number of anilines is 1. The van der Waals surface area contributed by atoms with Crippen molar-refractivity contribution in [1.82, 2.24) is 16.2 Å². The van der Waals surface area contributed by atoms with Crippen LogP contribution < -0.4 is 26.4 Å². The number of aryl methyl sites for hydroxylation is 1. The lowest BCUT2D eigenvalue weighted by Crippen LogP contribution is -3.14. The number of halogens is 1. The van der Waals surface area contributed by atoms with E-state index in [1.54, 1.807) is 19.1 Å². The third-order valence-corrected chi connectivity index (χ3v) is 4.13. The molecule has 1 saturated heterocycles. The van der Waals surface area contributed by atoms with Crippen LogP contribution in [-0.4, -0.2) is 49.6 Å². The van der Waals surface area contributed by atoms with Crippen LogP contribution in [0.1, 0.15) is 5.56 Å². The van der Waals surface area contributed by atoms with E-state index >= 15 is 0 Å². The van der Waals surface area contributed by atoms with Gasteiger partial charge in [-0.3, -0.25) is 10.9 Å². The molecule has 24 heavy (non-hydrogen) atoms. The largest absolute Gasteiger partial charge is 0.370 e. The van der Waals surface area contributed by atoms with Gasteiger partial charge in [-0.2, -0.15) is 0 Å². The number of ether oxygens (including phenoxy) is 1. The van der Waals surface area contributed by atoms with Gasteiger partial charge >= 0.3 is 0 Å². The van der Waals surface area contributed by atoms with Gasteiger partial charge in [-0.15, -0.1) is 0 Å². The van der Waals surface area contributed by atoms with E-state index in [4.69, 9.17) is 29.2 Å². The smallest absolute Gasteiger partial charge is 0.189 e. The Balaban J connectivity index is 1.61. The average molecular weight is 373 g/mol. The first-order valence-corrected chi connectivity index (χ1v) is 8.64. The van der Waals surface area contributed by atoms with Gasteiger partial charge in [0.1, 0.15) is 18.9 Å². The molecular weight excluding hydrogens is 349 g/mol. The summed E-state index contributed by atoms with van der Waals surface area (Å²) in [5.74, 6) is -0.279. The predicted molar refractivity (Wildman–Crippen MR) is 101 cm³/mol. The summed E-state index contributed by atoms with van der Waals surface area (Å²) in [7, 11) is 0. The molecule has 0 amide bonds. The molecule has 1 fully saturated rings. The van der Waals surface area contributed by atoms with E-state index in [1.165, 1.54) is 11.0 Å². The van der Waals surface area contributed by atoms with Crippen molar-refractivity contribution in [3.63, 3.8) is 0 Å². The molecule has 2 rings (SSSR count). The third kappa shape index (κ3) is 6.52. The first-order chi connectivity index (χ1) is 11.5. The molecule has 1 aromatic carbocycles. The summed E-state index contributed by atoms with van der Waals surface area (Å²) >= 11 is 10.3. The standard InChI is InChI=1S/C15H22FN5OS2/c1-11-2-3-12(10-13(11)16)18-15(24)20-19-14(23)17-4-5-21-6-8-22-9-7-21/h2-3,10H,4-9H2,1H3,(H2,17,19,23)(H2,18,20,24)/p+1. The van der Waals surface area contributed by atoms with Crippen LogP contribution in [0.25, 0.3) is 0 Å². The summed E-state index contributed by atoms with van der Waals surface area (Å²) in [5.41, 5.74) is 6.74. The van der Waals surface area contributed by atoms with E-state index in [0.29, 0.717) is 21.5 Å². The van der Waals surface area contributed by atoms with Crippen LogP contribution in [-0.2, 0) is 4.74 Å². The van der Waals surface area contributed by atoms with Crippen LogP contribution in [0.4, 0.5) is 10.1 Å². The van der Waals surface area contributed by atoms with E-state index in [9.17, 15) is 4.39 Å². The molecule has 0 atom stereocenters. The van der Waals surface area contributed by atoms with Crippen molar-refractivity contribution in [3.8, 4) is 0 Å². The zero-order valence-corrected chi connectivity index (χ0v) is 15.2. The fourth-order valence-electron chi connectivity index (χ4n) is 2.25. The molecule has 0 spiro atoms. The maximum atomic E-state index is 13.5. The number of nitrogens with one attached hydrogen (secondary N) is 5. The summed E-state index contributed by atoms with van der Waals surface area (Å²) in [6.45, 7) is 7.16. The van der Waals surface area contributed by atoms with E-state index < -0.39 is 0 Å². The first kappa shape index (κ1) is 18.8. The van der Waals surface area contributed by atoms with Crippen molar-refractivity contribution in [1.29, 1.82) is 0 Å². The molecule has 0 saturated carbocycles. The number of hydrogen-bond acceptors (Lipinski definition) is 3. The van der Waals surface area contributed by atoms with Crippen LogP contribution in [0.15, 0.2) is 18.2 Å². The van der Waals surface area contributed by atoms with Crippen LogP contribution in [0.3, 0.4) is 0 Å². The minimum atomic E-state index is -0.279. The minimum Gasteiger partial charge on any atom is -0.370 e. The van der Waals surface area contributed by atoms with E-state index in [-0.39, 0.29) is 5.82 Å². The zero-order chi connectivity index (χ0) is 17.4. The number of quaternary nitrogens is 1. The molecule has 0 radical (unpaired) electrons. The van der Waals surface area contributed by atoms with Crippen molar-refractivity contribution in [2.45, 2.75) is 6.92 Å². The van der Waals surface area contributed by atoms with Gasteiger partial charge in [0.15, 0.2) is 10.2 Å². The van der Waals surface area contributed by atoms with Crippen molar-refractivity contribution < 1.29 is 14.0 Å². The lowest BCUT2D eigenvalue weighted by Gasteiger charge is -2.24. The Morgan fingerprint density at radius 2 is 1.92 bits per heavy atom. The van der Waals surface area contributed by atoms with Gasteiger partial charge in [0.2, 0.25) is 0 Å². The number of thiocarbonyl (C=S) groups is 2. The van der Waals surface area contributed by atoms with E-state index in [0.717, 1.165) is 39.4 Å². The molecule has 5 N–H and O–H groups in total. The Morgan fingerprint density at radius 3 is 2.62 bits per heavy atom. The van der Waals surface area contributed by atoms with Crippen molar-refractivity contribution in [2.24, 2.45) is 0 Å². The number of benzene rings is 1. The Bertz CT molecular complexity index is 581. The van der Waals surface area contributed by atoms with E-state index in [2.05, 4.69) is 21.5 Å². The molecular formula is C15H23FN5OS2+. The molecule has 1 aliphatic rings. The maximum absolute atomic E-state index is 13.5. The molecule has 1 aromatic rings. The van der Waals surface area contributed by atoms with Gasteiger partial charge in [-0.1, -0.05) is 6.07 Å². The number of hydrogen-bond donors (Lipinski definition) is 5. The SMILES string of the molecule is Cc1ccc(NC(=S)NNC(=S)NCC[NH+]2CCOCC2)cc1F. The van der Waals surface area contributed by atoms with Crippen LogP contribution in [0, 0.1) is 12.7 Å². The molecule has 9 heteroatoms. The topological polar surface area (TPSA) is 61.8 Å². The quantitative estimate of drug-likeness (QED) is 0.368.